The summed E-state index contributed by atoms with van der Waals surface area (Å²) in [5, 5.41) is 30.5. The lowest BCUT2D eigenvalue weighted by Crippen LogP contribution is -2.47. The summed E-state index contributed by atoms with van der Waals surface area (Å²) in [6.45, 7) is 2.30. The number of ether oxygens (including phenoxy) is 1. The van der Waals surface area contributed by atoms with Gasteiger partial charge in [0.2, 0.25) is 0 Å². The second-order valence-corrected chi connectivity index (χ2v) is 5.79. The summed E-state index contributed by atoms with van der Waals surface area (Å²) in [6, 6.07) is 1.70. The number of aryl methyl sites for hydroxylation is 1. The quantitative estimate of drug-likeness (QED) is 0.752. The molecule has 1 saturated heterocycles. The van der Waals surface area contributed by atoms with E-state index in [0.717, 1.165) is 0 Å². The van der Waals surface area contributed by atoms with Crippen molar-refractivity contribution >= 4 is 11.0 Å². The van der Waals surface area contributed by atoms with Crippen molar-refractivity contribution in [1.82, 2.24) is 14.5 Å². The number of hydrogen-bond donors (Lipinski definition) is 3. The number of nitrogens with zero attached hydrogens (tertiary/aromatic N) is 3. The van der Waals surface area contributed by atoms with Crippen LogP contribution >= 0.6 is 0 Å². The van der Waals surface area contributed by atoms with Gasteiger partial charge in [-0.1, -0.05) is 0 Å². The van der Waals surface area contributed by atoms with Crippen LogP contribution in [0.2, 0.25) is 0 Å². The Morgan fingerprint density at radius 3 is 2.65 bits per heavy atom. The molecule has 0 saturated carbocycles. The zero-order chi connectivity index (χ0) is 16.9. The SMILES string of the molecule is Cc1ncnc2c1ccn2C1OC(C(O)C(C)(F)F)C(O)C1O. The van der Waals surface area contributed by atoms with E-state index in [1.54, 1.807) is 19.2 Å². The van der Waals surface area contributed by atoms with E-state index in [-0.39, 0.29) is 0 Å². The Labute approximate surface area is 130 Å². The molecular formula is C14H17F2N3O4. The largest absolute Gasteiger partial charge is 0.387 e. The van der Waals surface area contributed by atoms with Crippen LogP contribution in [0.1, 0.15) is 18.8 Å². The van der Waals surface area contributed by atoms with Crippen molar-refractivity contribution < 1.29 is 28.8 Å². The molecule has 126 valence electrons. The molecule has 1 fully saturated rings. The van der Waals surface area contributed by atoms with Crippen LogP contribution < -0.4 is 0 Å². The Balaban J connectivity index is 1.96. The van der Waals surface area contributed by atoms with E-state index in [9.17, 15) is 24.1 Å². The first-order chi connectivity index (χ1) is 10.7. The average Bonchev–Trinajstić information content (AvgIpc) is 3.02. The molecule has 1 aliphatic heterocycles. The van der Waals surface area contributed by atoms with E-state index >= 15 is 0 Å². The van der Waals surface area contributed by atoms with E-state index in [0.29, 0.717) is 23.7 Å². The number of aliphatic hydroxyl groups excluding tert-OH is 3. The molecule has 0 bridgehead atoms. The van der Waals surface area contributed by atoms with Crippen molar-refractivity contribution in [3.63, 3.8) is 0 Å². The Bertz CT molecular complexity index is 718. The van der Waals surface area contributed by atoms with Crippen LogP contribution in [0.15, 0.2) is 18.6 Å². The first-order valence-corrected chi connectivity index (χ1v) is 7.07. The number of rotatable bonds is 3. The molecule has 0 spiro atoms. The van der Waals surface area contributed by atoms with Crippen LogP contribution in [-0.4, -0.2) is 60.2 Å². The molecule has 5 atom stereocenters. The summed E-state index contributed by atoms with van der Waals surface area (Å²) in [5.74, 6) is -3.47. The third kappa shape index (κ3) is 2.59. The Morgan fingerprint density at radius 1 is 1.30 bits per heavy atom. The topological polar surface area (TPSA) is 101 Å². The maximum Gasteiger partial charge on any atom is 0.273 e. The van der Waals surface area contributed by atoms with Gasteiger partial charge in [0, 0.05) is 18.5 Å². The van der Waals surface area contributed by atoms with Gasteiger partial charge in [-0.2, -0.15) is 0 Å². The standard InChI is InChI=1S/C14H17F2N3O4/c1-6-7-3-4-19(12(7)18-5-17-6)13-9(21)8(20)10(23-13)11(22)14(2,15)16/h3-5,8-11,13,20-22H,1-2H3. The molecule has 1 aliphatic rings. The van der Waals surface area contributed by atoms with Crippen molar-refractivity contribution in [2.75, 3.05) is 0 Å². The van der Waals surface area contributed by atoms with Gasteiger partial charge in [-0.25, -0.2) is 18.7 Å². The molecular weight excluding hydrogens is 312 g/mol. The van der Waals surface area contributed by atoms with Crippen LogP contribution in [0.4, 0.5) is 8.78 Å². The third-order valence-electron chi connectivity index (χ3n) is 4.09. The fourth-order valence-electron chi connectivity index (χ4n) is 2.77. The fourth-order valence-corrected chi connectivity index (χ4v) is 2.77. The number of hydrogen-bond acceptors (Lipinski definition) is 6. The highest BCUT2D eigenvalue weighted by Gasteiger charge is 2.52. The number of fused-ring (bicyclic) bond motifs is 1. The summed E-state index contributed by atoms with van der Waals surface area (Å²) >= 11 is 0. The fraction of sp³-hybridized carbons (Fsp3) is 0.571. The molecule has 3 N–H and O–H groups in total. The van der Waals surface area contributed by atoms with Gasteiger partial charge in [-0.15, -0.1) is 0 Å². The van der Waals surface area contributed by atoms with E-state index < -0.39 is 36.6 Å². The monoisotopic (exact) mass is 329 g/mol. The zero-order valence-electron chi connectivity index (χ0n) is 12.5. The smallest absolute Gasteiger partial charge is 0.273 e. The van der Waals surface area contributed by atoms with Crippen molar-refractivity contribution in [2.45, 2.75) is 50.4 Å². The van der Waals surface area contributed by atoms with E-state index in [1.807, 2.05) is 0 Å². The van der Waals surface area contributed by atoms with Crippen LogP contribution in [0, 0.1) is 6.92 Å². The maximum absolute atomic E-state index is 13.3. The predicted octanol–water partition coefficient (Wildman–Crippen LogP) is 0.375. The summed E-state index contributed by atoms with van der Waals surface area (Å²) < 4.78 is 33.4. The third-order valence-corrected chi connectivity index (χ3v) is 4.09. The molecule has 2 aromatic rings. The van der Waals surface area contributed by atoms with Crippen molar-refractivity contribution in [2.24, 2.45) is 0 Å². The lowest BCUT2D eigenvalue weighted by Gasteiger charge is -2.25. The first kappa shape index (κ1) is 16.2. The highest BCUT2D eigenvalue weighted by Crippen LogP contribution is 2.36. The molecule has 9 heteroatoms. The highest BCUT2D eigenvalue weighted by atomic mass is 19.3. The summed E-state index contributed by atoms with van der Waals surface area (Å²) in [7, 11) is 0. The molecule has 0 aliphatic carbocycles. The number of aromatic nitrogens is 3. The predicted molar refractivity (Wildman–Crippen MR) is 74.8 cm³/mol. The number of halogens is 2. The van der Waals surface area contributed by atoms with Crippen LogP contribution in [-0.2, 0) is 4.74 Å². The molecule has 0 radical (unpaired) electrons. The molecule has 0 aromatic carbocycles. The average molecular weight is 329 g/mol. The minimum atomic E-state index is -3.47. The van der Waals surface area contributed by atoms with Crippen LogP contribution in [0.5, 0.6) is 0 Å². The Hall–Kier alpha value is -1.68. The lowest BCUT2D eigenvalue weighted by molar-refractivity contribution is -0.172. The minimum absolute atomic E-state index is 0.437. The lowest BCUT2D eigenvalue weighted by atomic mass is 10.0. The Kier molecular flexibility index (Phi) is 3.83. The first-order valence-electron chi connectivity index (χ1n) is 7.07. The second kappa shape index (κ2) is 5.45. The molecule has 3 rings (SSSR count). The van der Waals surface area contributed by atoms with E-state index in [4.69, 9.17) is 4.74 Å². The van der Waals surface area contributed by atoms with Gasteiger partial charge in [-0.3, -0.25) is 0 Å². The second-order valence-electron chi connectivity index (χ2n) is 5.79. The van der Waals surface area contributed by atoms with Crippen LogP contribution in [0.3, 0.4) is 0 Å². The highest BCUT2D eigenvalue weighted by molar-refractivity contribution is 5.78. The molecule has 2 aromatic heterocycles. The summed E-state index contributed by atoms with van der Waals surface area (Å²) in [5.41, 5.74) is 1.14. The maximum atomic E-state index is 13.3. The van der Waals surface area contributed by atoms with Crippen molar-refractivity contribution in [3.05, 3.63) is 24.3 Å². The molecule has 7 nitrogen and oxygen atoms in total. The van der Waals surface area contributed by atoms with Gasteiger partial charge in [0.15, 0.2) is 6.23 Å². The molecule has 3 heterocycles. The molecule has 0 amide bonds. The van der Waals surface area contributed by atoms with Gasteiger partial charge in [-0.05, 0) is 13.0 Å². The van der Waals surface area contributed by atoms with Gasteiger partial charge >= 0.3 is 0 Å². The van der Waals surface area contributed by atoms with Gasteiger partial charge in [0.1, 0.15) is 36.4 Å². The normalized spacial score (nSPS) is 30.0. The Morgan fingerprint density at radius 2 is 2.00 bits per heavy atom. The van der Waals surface area contributed by atoms with Gasteiger partial charge < -0.3 is 24.6 Å². The minimum Gasteiger partial charge on any atom is -0.387 e. The van der Waals surface area contributed by atoms with Crippen molar-refractivity contribution in [1.29, 1.82) is 0 Å². The number of aliphatic hydroxyl groups is 3. The van der Waals surface area contributed by atoms with Crippen molar-refractivity contribution in [3.8, 4) is 0 Å². The van der Waals surface area contributed by atoms with Crippen LogP contribution in [0.25, 0.3) is 11.0 Å². The summed E-state index contributed by atoms with van der Waals surface area (Å²) in [6.07, 6.45) is -5.24. The number of alkyl halides is 2. The van der Waals surface area contributed by atoms with Gasteiger partial charge in [0.25, 0.3) is 5.92 Å². The van der Waals surface area contributed by atoms with Gasteiger partial charge in [0.05, 0.1) is 5.69 Å². The zero-order valence-corrected chi connectivity index (χ0v) is 12.5. The molecule has 5 unspecified atom stereocenters. The summed E-state index contributed by atoms with van der Waals surface area (Å²) in [4.78, 5) is 8.13. The molecule has 23 heavy (non-hydrogen) atoms. The van der Waals surface area contributed by atoms with E-state index in [2.05, 4.69) is 9.97 Å². The van der Waals surface area contributed by atoms with E-state index in [1.165, 1.54) is 10.9 Å².